The second kappa shape index (κ2) is 13.8. The number of hydrogen-bond donors (Lipinski definition) is 3. The van der Waals surface area contributed by atoms with Crippen LogP contribution in [0.1, 0.15) is 21.5 Å². The number of hydrogen-bond acceptors (Lipinski definition) is 8. The minimum absolute atomic E-state index is 0.0258. The molecule has 48 heavy (non-hydrogen) atoms. The minimum atomic E-state index is -5.88. The molecule has 0 unspecified atom stereocenters. The largest absolute Gasteiger partial charge is 0.478 e. The van der Waals surface area contributed by atoms with Crippen LogP contribution < -0.4 is 9.04 Å². The van der Waals surface area contributed by atoms with E-state index in [9.17, 15) is 31.7 Å². The molecule has 11 nitrogen and oxygen atoms in total. The molecule has 0 atom stereocenters. The van der Waals surface area contributed by atoms with Gasteiger partial charge in [-0.1, -0.05) is 80.8 Å². The van der Waals surface area contributed by atoms with Crippen LogP contribution in [0.15, 0.2) is 94.3 Å². The van der Waals surface area contributed by atoms with Crippen molar-refractivity contribution in [1.29, 1.82) is 0 Å². The number of halogens is 5. The summed E-state index contributed by atoms with van der Waals surface area (Å²) in [5, 5.41) is 17.7. The lowest BCUT2D eigenvalue weighted by atomic mass is 10.1. The van der Waals surface area contributed by atoms with E-state index in [1.807, 2.05) is 0 Å². The van der Waals surface area contributed by atoms with E-state index in [4.69, 9.17) is 37.7 Å². The lowest BCUT2D eigenvalue weighted by Gasteiger charge is -2.23. The maximum atomic E-state index is 14.5. The number of ether oxygens (including phenoxy) is 1. The summed E-state index contributed by atoms with van der Waals surface area (Å²) >= 11 is 15.9. The lowest BCUT2D eigenvalue weighted by molar-refractivity contribution is 0.0557. The van der Waals surface area contributed by atoms with E-state index in [1.165, 1.54) is 30.3 Å². The summed E-state index contributed by atoms with van der Waals surface area (Å²) in [6.07, 6.45) is 0. The third-order valence-electron chi connectivity index (χ3n) is 6.55. The summed E-state index contributed by atoms with van der Waals surface area (Å²) in [4.78, 5) is 29.4. The molecule has 5 aromatic rings. The Morgan fingerprint density at radius 2 is 1.65 bits per heavy atom. The molecule has 1 heterocycles. The van der Waals surface area contributed by atoms with Crippen molar-refractivity contribution in [2.75, 3.05) is 4.31 Å². The van der Waals surface area contributed by atoms with Gasteiger partial charge >= 0.3 is 19.2 Å². The average molecular weight is 821 g/mol. The van der Waals surface area contributed by atoms with Gasteiger partial charge in [-0.25, -0.2) is 17.5 Å². The van der Waals surface area contributed by atoms with Crippen LogP contribution in [-0.2, 0) is 26.8 Å². The van der Waals surface area contributed by atoms with Gasteiger partial charge in [0.2, 0.25) is 5.13 Å². The number of benzene rings is 4. The predicted octanol–water partition coefficient (Wildman–Crippen LogP) is 8.39. The van der Waals surface area contributed by atoms with Gasteiger partial charge in [0.1, 0.15) is 16.5 Å². The number of anilines is 1. The molecule has 0 amide bonds. The topological polar surface area (TPSA) is 167 Å². The molecule has 0 aliphatic carbocycles. The molecule has 0 radical (unpaired) electrons. The molecule has 0 aliphatic heterocycles. The van der Waals surface area contributed by atoms with Gasteiger partial charge in [0.15, 0.2) is 0 Å². The molecule has 0 saturated heterocycles. The van der Waals surface area contributed by atoms with Gasteiger partial charge in [-0.05, 0) is 60.2 Å². The third-order valence-corrected chi connectivity index (χ3v) is 11.8. The number of alkyl halides is 2. The van der Waals surface area contributed by atoms with Crippen molar-refractivity contribution >= 4 is 79.2 Å². The van der Waals surface area contributed by atoms with Gasteiger partial charge < -0.3 is 19.6 Å². The highest BCUT2D eigenvalue weighted by Gasteiger charge is 2.51. The SMILES string of the molecule is O=C(O)c1cccc(Oc2cccc(-c3nnc(N(Cc4ccc(C(F)(F)P(=O)(O)O)c(Br)c4)S(=O)(=O)c4ccc(Cl)c(Cl)c4)s3)c2)c1. The van der Waals surface area contributed by atoms with Crippen LogP contribution in [0, 0.1) is 0 Å². The number of carbonyl (C=O) groups is 1. The van der Waals surface area contributed by atoms with Crippen LogP contribution in [0.5, 0.6) is 11.5 Å². The number of carboxylic acids is 1. The van der Waals surface area contributed by atoms with E-state index in [0.717, 1.165) is 39.9 Å². The van der Waals surface area contributed by atoms with Crippen LogP contribution in [0.3, 0.4) is 0 Å². The first-order valence-corrected chi connectivity index (χ1v) is 18.5. The molecule has 1 aromatic heterocycles. The van der Waals surface area contributed by atoms with Crippen LogP contribution in [0.2, 0.25) is 10.0 Å². The predicted molar refractivity (Wildman–Crippen MR) is 179 cm³/mol. The number of rotatable bonds is 11. The van der Waals surface area contributed by atoms with Gasteiger partial charge in [0.05, 0.1) is 27.0 Å². The molecule has 0 saturated carbocycles. The highest BCUT2D eigenvalue weighted by atomic mass is 79.9. The van der Waals surface area contributed by atoms with E-state index >= 15 is 0 Å². The standard InChI is InChI=1S/C29H19BrCl2F2N3O8PS2/c30-23-11-16(7-9-22(23)29(33,34)46(40,41)42)15-37(48(43,44)21-8-10-24(31)25(32)14-21)28-36-35-26(47-28)17-3-1-5-19(12-17)45-20-6-2-4-18(13-20)27(38)39/h1-14H,15H2,(H,38,39)(H2,40,41,42). The van der Waals surface area contributed by atoms with E-state index in [1.54, 1.807) is 30.3 Å². The number of sulfonamides is 1. The monoisotopic (exact) mass is 819 g/mol. The number of carboxylic acid groups (broad SMARTS) is 1. The molecule has 0 spiro atoms. The van der Waals surface area contributed by atoms with Gasteiger partial charge in [0.25, 0.3) is 10.0 Å². The number of aromatic carboxylic acids is 1. The fourth-order valence-electron chi connectivity index (χ4n) is 4.20. The molecular formula is C29H19BrCl2F2N3O8PS2. The maximum Gasteiger partial charge on any atom is 0.399 e. The first kappa shape index (κ1) is 35.8. The highest BCUT2D eigenvalue weighted by Crippen LogP contribution is 2.60. The summed E-state index contributed by atoms with van der Waals surface area (Å²) in [7, 11) is -10.3. The van der Waals surface area contributed by atoms with Crippen molar-refractivity contribution in [2.45, 2.75) is 17.1 Å². The maximum absolute atomic E-state index is 14.5. The number of nitrogens with zero attached hydrogens (tertiary/aromatic N) is 3. The molecule has 4 aromatic carbocycles. The zero-order chi connectivity index (χ0) is 35.0. The summed E-state index contributed by atoms with van der Waals surface area (Å²) < 4.78 is 74.6. The molecule has 3 N–H and O–H groups in total. The fourth-order valence-corrected chi connectivity index (χ4v) is 8.37. The summed E-state index contributed by atoms with van der Waals surface area (Å²) in [5.74, 6) is -0.540. The van der Waals surface area contributed by atoms with Crippen molar-refractivity contribution in [3.05, 3.63) is 116 Å². The first-order valence-electron chi connectivity index (χ1n) is 13.1. The van der Waals surface area contributed by atoms with Crippen LogP contribution >= 0.6 is 58.1 Å². The Kier molecular flexibility index (Phi) is 10.3. The molecule has 0 bridgehead atoms. The number of aromatic nitrogens is 2. The first-order chi connectivity index (χ1) is 22.5. The fraction of sp³-hybridized carbons (Fsp3) is 0.0690. The van der Waals surface area contributed by atoms with Crippen LogP contribution in [0.25, 0.3) is 10.6 Å². The Morgan fingerprint density at radius 3 is 2.29 bits per heavy atom. The Balaban J connectivity index is 1.52. The third kappa shape index (κ3) is 7.56. The van der Waals surface area contributed by atoms with E-state index in [0.29, 0.717) is 11.3 Å². The van der Waals surface area contributed by atoms with Gasteiger partial charge in [-0.15, -0.1) is 10.2 Å². The van der Waals surface area contributed by atoms with Crippen molar-refractivity contribution < 1.29 is 46.2 Å². The van der Waals surface area contributed by atoms with Crippen molar-refractivity contribution in [2.24, 2.45) is 0 Å². The summed E-state index contributed by atoms with van der Waals surface area (Å²) in [6, 6.07) is 19.0. The second-order valence-corrected chi connectivity index (χ2v) is 16.0. The lowest BCUT2D eigenvalue weighted by Crippen LogP contribution is -2.30. The summed E-state index contributed by atoms with van der Waals surface area (Å²) in [6.45, 7) is -0.472. The Morgan fingerprint density at radius 1 is 0.958 bits per heavy atom. The van der Waals surface area contributed by atoms with Crippen LogP contribution in [0.4, 0.5) is 13.9 Å². The van der Waals surface area contributed by atoms with Gasteiger partial charge in [-0.2, -0.15) is 8.78 Å². The van der Waals surface area contributed by atoms with E-state index in [-0.39, 0.29) is 46.4 Å². The Hall–Kier alpha value is -3.47. The smallest absolute Gasteiger partial charge is 0.399 e. The highest BCUT2D eigenvalue weighted by molar-refractivity contribution is 9.10. The van der Waals surface area contributed by atoms with Gasteiger partial charge in [0, 0.05) is 15.6 Å². The molecule has 19 heteroatoms. The minimum Gasteiger partial charge on any atom is -0.478 e. The molecule has 5 rings (SSSR count). The molecule has 250 valence electrons. The van der Waals surface area contributed by atoms with E-state index < -0.39 is 41.4 Å². The molecular weight excluding hydrogens is 802 g/mol. The summed E-state index contributed by atoms with van der Waals surface area (Å²) in [5.41, 5.74) is -4.86. The van der Waals surface area contributed by atoms with Crippen molar-refractivity contribution in [3.8, 4) is 22.1 Å². The zero-order valence-corrected chi connectivity index (χ0v) is 29.3. The normalized spacial score (nSPS) is 12.1. The molecule has 0 fully saturated rings. The van der Waals surface area contributed by atoms with E-state index in [2.05, 4.69) is 26.1 Å². The average Bonchev–Trinajstić information content (AvgIpc) is 3.50. The Labute approximate surface area is 293 Å². The van der Waals surface area contributed by atoms with Crippen molar-refractivity contribution in [1.82, 2.24) is 10.2 Å². The second-order valence-electron chi connectivity index (χ2n) is 9.84. The zero-order valence-electron chi connectivity index (χ0n) is 23.7. The van der Waals surface area contributed by atoms with Crippen LogP contribution in [-0.4, -0.2) is 39.5 Å². The quantitative estimate of drug-likeness (QED) is 0.110. The van der Waals surface area contributed by atoms with Crippen molar-refractivity contribution in [3.63, 3.8) is 0 Å². The van der Waals surface area contributed by atoms with Gasteiger partial charge in [-0.3, -0.25) is 4.57 Å². The Bertz CT molecular complexity index is 2200. The molecule has 0 aliphatic rings.